The second-order valence-corrected chi connectivity index (χ2v) is 4.77. The van der Waals surface area contributed by atoms with Crippen molar-refractivity contribution in [3.05, 3.63) is 36.2 Å². The summed E-state index contributed by atoms with van der Waals surface area (Å²) in [4.78, 5) is 2.30. The fraction of sp³-hybridized carbons (Fsp3) is 0.467. The van der Waals surface area contributed by atoms with Crippen molar-refractivity contribution in [1.29, 1.82) is 0 Å². The van der Waals surface area contributed by atoms with Crippen LogP contribution < -0.4 is 0 Å². The maximum absolute atomic E-state index is 5.68. The van der Waals surface area contributed by atoms with Crippen molar-refractivity contribution < 1.29 is 4.42 Å². The second-order valence-electron chi connectivity index (χ2n) is 4.77. The van der Waals surface area contributed by atoms with Gasteiger partial charge in [-0.25, -0.2) is 0 Å². The molecule has 0 aliphatic rings. The minimum absolute atomic E-state index is 0.604. The Morgan fingerprint density at radius 1 is 1.11 bits per heavy atom. The van der Waals surface area contributed by atoms with Crippen molar-refractivity contribution in [3.63, 3.8) is 0 Å². The lowest BCUT2D eigenvalue weighted by Crippen LogP contribution is -2.22. The number of aromatic nitrogens is 2. The van der Waals surface area contributed by atoms with Gasteiger partial charge in [0.2, 0.25) is 11.8 Å². The highest BCUT2D eigenvalue weighted by Crippen LogP contribution is 2.17. The molecule has 0 fully saturated rings. The normalized spacial score (nSPS) is 11.1. The average molecular weight is 259 g/mol. The van der Waals surface area contributed by atoms with Crippen LogP contribution >= 0.6 is 0 Å². The Hall–Kier alpha value is -1.68. The number of benzene rings is 1. The molecule has 0 aliphatic carbocycles. The second kappa shape index (κ2) is 7.04. The van der Waals surface area contributed by atoms with Crippen LogP contribution in [-0.2, 0) is 6.42 Å². The molecule has 0 saturated heterocycles. The number of unbranched alkanes of at least 4 members (excludes halogenated alkanes) is 1. The molecule has 0 unspecified atom stereocenters. The molecular weight excluding hydrogens is 238 g/mol. The summed E-state index contributed by atoms with van der Waals surface area (Å²) in [5.74, 6) is 1.31. The summed E-state index contributed by atoms with van der Waals surface area (Å²) < 4.78 is 5.68. The summed E-state index contributed by atoms with van der Waals surface area (Å²) in [6, 6.07) is 9.87. The SMILES string of the molecule is CCCCN(C)CCc1nnc(-c2ccccc2)o1. The van der Waals surface area contributed by atoms with E-state index in [9.17, 15) is 0 Å². The minimum Gasteiger partial charge on any atom is -0.421 e. The van der Waals surface area contributed by atoms with Gasteiger partial charge in [0.05, 0.1) is 0 Å². The van der Waals surface area contributed by atoms with Crippen molar-refractivity contribution in [1.82, 2.24) is 15.1 Å². The topological polar surface area (TPSA) is 42.2 Å². The van der Waals surface area contributed by atoms with E-state index in [4.69, 9.17) is 4.42 Å². The predicted molar refractivity (Wildman–Crippen MR) is 75.8 cm³/mol. The summed E-state index contributed by atoms with van der Waals surface area (Å²) in [6.45, 7) is 4.28. The van der Waals surface area contributed by atoms with Crippen LogP contribution in [0.2, 0.25) is 0 Å². The Kier molecular flexibility index (Phi) is 5.10. The predicted octanol–water partition coefficient (Wildman–Crippen LogP) is 3.01. The zero-order valence-corrected chi connectivity index (χ0v) is 11.7. The summed E-state index contributed by atoms with van der Waals surface area (Å²) in [6.07, 6.45) is 3.26. The van der Waals surface area contributed by atoms with Crippen LogP contribution in [0.5, 0.6) is 0 Å². The fourth-order valence-electron chi connectivity index (χ4n) is 1.88. The molecule has 0 N–H and O–H groups in total. The molecule has 2 rings (SSSR count). The molecule has 0 spiro atoms. The first kappa shape index (κ1) is 13.7. The third-order valence-corrected chi connectivity index (χ3v) is 3.09. The van der Waals surface area contributed by atoms with Gasteiger partial charge in [0.15, 0.2) is 0 Å². The quantitative estimate of drug-likeness (QED) is 0.766. The van der Waals surface area contributed by atoms with E-state index in [2.05, 4.69) is 29.1 Å². The van der Waals surface area contributed by atoms with Gasteiger partial charge >= 0.3 is 0 Å². The minimum atomic E-state index is 0.604. The van der Waals surface area contributed by atoms with Crippen LogP contribution in [0, 0.1) is 0 Å². The van der Waals surface area contributed by atoms with Crippen LogP contribution in [-0.4, -0.2) is 35.2 Å². The van der Waals surface area contributed by atoms with E-state index >= 15 is 0 Å². The lowest BCUT2D eigenvalue weighted by Gasteiger charge is -2.14. The zero-order valence-electron chi connectivity index (χ0n) is 11.7. The van der Waals surface area contributed by atoms with Crippen LogP contribution in [0.4, 0.5) is 0 Å². The van der Waals surface area contributed by atoms with Crippen molar-refractivity contribution in [3.8, 4) is 11.5 Å². The molecule has 1 aromatic heterocycles. The monoisotopic (exact) mass is 259 g/mol. The van der Waals surface area contributed by atoms with E-state index in [0.717, 1.165) is 25.1 Å². The molecule has 0 atom stereocenters. The van der Waals surface area contributed by atoms with E-state index in [-0.39, 0.29) is 0 Å². The summed E-state index contributed by atoms with van der Waals surface area (Å²) in [5, 5.41) is 8.19. The third kappa shape index (κ3) is 4.17. The van der Waals surface area contributed by atoms with Crippen molar-refractivity contribution in [2.24, 2.45) is 0 Å². The van der Waals surface area contributed by atoms with Gasteiger partial charge in [-0.2, -0.15) is 0 Å². The highest BCUT2D eigenvalue weighted by molar-refractivity contribution is 5.51. The largest absolute Gasteiger partial charge is 0.421 e. The van der Waals surface area contributed by atoms with Gasteiger partial charge in [-0.3, -0.25) is 0 Å². The summed E-state index contributed by atoms with van der Waals surface area (Å²) in [5.41, 5.74) is 0.973. The Morgan fingerprint density at radius 3 is 2.63 bits per heavy atom. The molecule has 1 aromatic carbocycles. The van der Waals surface area contributed by atoms with Crippen molar-refractivity contribution in [2.45, 2.75) is 26.2 Å². The number of rotatable bonds is 7. The number of likely N-dealkylation sites (N-methyl/N-ethyl adjacent to an activating group) is 1. The molecule has 0 saturated carbocycles. The third-order valence-electron chi connectivity index (χ3n) is 3.09. The summed E-state index contributed by atoms with van der Waals surface area (Å²) in [7, 11) is 2.13. The first-order chi connectivity index (χ1) is 9.29. The van der Waals surface area contributed by atoms with Crippen molar-refractivity contribution in [2.75, 3.05) is 20.1 Å². The molecular formula is C15H21N3O. The maximum atomic E-state index is 5.68. The first-order valence-electron chi connectivity index (χ1n) is 6.86. The molecule has 0 radical (unpaired) electrons. The maximum Gasteiger partial charge on any atom is 0.247 e. The van der Waals surface area contributed by atoms with Gasteiger partial charge in [0, 0.05) is 18.5 Å². The number of nitrogens with zero attached hydrogens (tertiary/aromatic N) is 3. The van der Waals surface area contributed by atoms with Gasteiger partial charge in [-0.05, 0) is 32.1 Å². The summed E-state index contributed by atoms with van der Waals surface area (Å²) >= 11 is 0. The number of hydrogen-bond acceptors (Lipinski definition) is 4. The molecule has 19 heavy (non-hydrogen) atoms. The average Bonchev–Trinajstić information content (AvgIpc) is 2.93. The lowest BCUT2D eigenvalue weighted by atomic mass is 10.2. The smallest absolute Gasteiger partial charge is 0.247 e. The zero-order chi connectivity index (χ0) is 13.5. The molecule has 0 aliphatic heterocycles. The van der Waals surface area contributed by atoms with Crippen molar-refractivity contribution >= 4 is 0 Å². The van der Waals surface area contributed by atoms with E-state index in [1.165, 1.54) is 12.8 Å². The van der Waals surface area contributed by atoms with E-state index in [0.29, 0.717) is 11.8 Å². The van der Waals surface area contributed by atoms with Gasteiger partial charge in [0.25, 0.3) is 0 Å². The van der Waals surface area contributed by atoms with Gasteiger partial charge in [-0.1, -0.05) is 31.5 Å². The Bertz CT molecular complexity index is 481. The standard InChI is InChI=1S/C15H21N3O/c1-3-4-11-18(2)12-10-14-16-17-15(19-14)13-8-6-5-7-9-13/h5-9H,3-4,10-12H2,1-2H3. The Morgan fingerprint density at radius 2 is 1.89 bits per heavy atom. The highest BCUT2D eigenvalue weighted by Gasteiger charge is 2.08. The lowest BCUT2D eigenvalue weighted by molar-refractivity contribution is 0.319. The van der Waals surface area contributed by atoms with Crippen LogP contribution in [0.25, 0.3) is 11.5 Å². The molecule has 0 amide bonds. The number of hydrogen-bond donors (Lipinski definition) is 0. The Labute approximate surface area is 114 Å². The molecule has 2 aromatic rings. The fourth-order valence-corrected chi connectivity index (χ4v) is 1.88. The Balaban J connectivity index is 1.88. The van der Waals surface area contributed by atoms with E-state index in [1.54, 1.807) is 0 Å². The van der Waals surface area contributed by atoms with Crippen LogP contribution in [0.15, 0.2) is 34.7 Å². The first-order valence-corrected chi connectivity index (χ1v) is 6.86. The molecule has 1 heterocycles. The van der Waals surface area contributed by atoms with Crippen LogP contribution in [0.3, 0.4) is 0 Å². The molecule has 4 nitrogen and oxygen atoms in total. The van der Waals surface area contributed by atoms with Gasteiger partial charge in [-0.15, -0.1) is 10.2 Å². The van der Waals surface area contributed by atoms with Crippen LogP contribution in [0.1, 0.15) is 25.7 Å². The molecule has 0 bridgehead atoms. The van der Waals surface area contributed by atoms with Gasteiger partial charge < -0.3 is 9.32 Å². The van der Waals surface area contributed by atoms with E-state index in [1.807, 2.05) is 30.3 Å². The van der Waals surface area contributed by atoms with Gasteiger partial charge in [0.1, 0.15) is 0 Å². The molecule has 102 valence electrons. The molecule has 4 heteroatoms. The highest BCUT2D eigenvalue weighted by atomic mass is 16.4. The van der Waals surface area contributed by atoms with E-state index < -0.39 is 0 Å².